The number of thiocarbonyl (C=S) groups is 1. The van der Waals surface area contributed by atoms with Crippen LogP contribution in [0.3, 0.4) is 0 Å². The van der Waals surface area contributed by atoms with Gasteiger partial charge in [0.05, 0.1) is 18.2 Å². The molecule has 1 fully saturated rings. The molecule has 0 atom stereocenters. The van der Waals surface area contributed by atoms with Crippen molar-refractivity contribution in [3.8, 4) is 11.5 Å². The van der Waals surface area contributed by atoms with Crippen LogP contribution in [0, 0.1) is 0 Å². The molecule has 2 amide bonds. The summed E-state index contributed by atoms with van der Waals surface area (Å²) >= 11 is 8.44. The number of hydrogen-bond donors (Lipinski definition) is 1. The second-order valence-corrected chi connectivity index (χ2v) is 6.23. The van der Waals surface area contributed by atoms with Crippen LogP contribution in [0.1, 0.15) is 12.5 Å². The fourth-order valence-electron chi connectivity index (χ4n) is 2.26. The third-order valence-electron chi connectivity index (χ3n) is 3.35. The molecule has 2 rings (SSSR count). The minimum Gasteiger partial charge on any atom is -0.493 e. The highest BCUT2D eigenvalue weighted by atomic mass is 79.9. The van der Waals surface area contributed by atoms with Gasteiger partial charge in [0.15, 0.2) is 16.6 Å². The predicted octanol–water partition coefficient (Wildman–Crippen LogP) is 2.67. The summed E-state index contributed by atoms with van der Waals surface area (Å²) in [6, 6.07) is 3.43. The lowest BCUT2D eigenvalue weighted by Crippen LogP contribution is -2.53. The molecule has 1 aliphatic rings. The van der Waals surface area contributed by atoms with Crippen LogP contribution >= 0.6 is 28.1 Å². The van der Waals surface area contributed by atoms with E-state index in [2.05, 4.69) is 27.8 Å². The lowest BCUT2D eigenvalue weighted by molar-refractivity contribution is -0.128. The first-order valence-electron chi connectivity index (χ1n) is 7.43. The van der Waals surface area contributed by atoms with Gasteiger partial charge in [0.2, 0.25) is 0 Å². The Hall–Kier alpha value is -2.19. The number of rotatable bonds is 6. The molecule has 8 heteroatoms. The minimum atomic E-state index is -0.542. The van der Waals surface area contributed by atoms with Crippen molar-refractivity contribution in [3.05, 3.63) is 40.4 Å². The smallest absolute Gasteiger partial charge is 0.265 e. The highest BCUT2D eigenvalue weighted by Crippen LogP contribution is 2.37. The molecule has 1 aromatic rings. The van der Waals surface area contributed by atoms with Crippen LogP contribution in [0.25, 0.3) is 6.08 Å². The number of carbonyl (C=O) groups is 2. The molecule has 1 saturated heterocycles. The first kappa shape index (κ1) is 19.1. The number of nitrogens with one attached hydrogen (secondary N) is 1. The van der Waals surface area contributed by atoms with Crippen molar-refractivity contribution in [1.29, 1.82) is 0 Å². The second kappa shape index (κ2) is 8.26. The third kappa shape index (κ3) is 4.08. The summed E-state index contributed by atoms with van der Waals surface area (Å²) in [4.78, 5) is 26.0. The van der Waals surface area contributed by atoms with E-state index in [1.165, 1.54) is 24.2 Å². The van der Waals surface area contributed by atoms with E-state index in [1.807, 2.05) is 6.92 Å². The Kier molecular flexibility index (Phi) is 6.33. The van der Waals surface area contributed by atoms with Crippen molar-refractivity contribution in [1.82, 2.24) is 10.2 Å². The fraction of sp³-hybridized carbons (Fsp3) is 0.235. The highest BCUT2D eigenvalue weighted by molar-refractivity contribution is 9.10. The molecule has 0 radical (unpaired) electrons. The van der Waals surface area contributed by atoms with E-state index in [4.69, 9.17) is 21.7 Å². The molecule has 0 bridgehead atoms. The summed E-state index contributed by atoms with van der Waals surface area (Å²) in [6.45, 7) is 6.15. The molecule has 0 spiro atoms. The Morgan fingerprint density at radius 1 is 1.40 bits per heavy atom. The Balaban J connectivity index is 2.46. The quantitative estimate of drug-likeness (QED) is 0.329. The van der Waals surface area contributed by atoms with E-state index in [0.29, 0.717) is 28.1 Å². The number of ether oxygens (including phenoxy) is 2. The first-order chi connectivity index (χ1) is 11.9. The van der Waals surface area contributed by atoms with Crippen LogP contribution < -0.4 is 14.8 Å². The number of methoxy groups -OCH3 is 1. The maximum absolute atomic E-state index is 12.5. The van der Waals surface area contributed by atoms with Crippen molar-refractivity contribution >= 4 is 51.2 Å². The molecule has 1 N–H and O–H groups in total. The van der Waals surface area contributed by atoms with Crippen LogP contribution in [0.2, 0.25) is 0 Å². The lowest BCUT2D eigenvalue weighted by Gasteiger charge is -2.27. The SMILES string of the molecule is C=CCN1C(=O)C(=Cc2cc(Br)c(OCC)c(OC)c2)C(=O)NC1=S. The number of hydrogen-bond acceptors (Lipinski definition) is 5. The molecular weight excluding hydrogens is 408 g/mol. The zero-order chi connectivity index (χ0) is 18.6. The Bertz CT molecular complexity index is 776. The van der Waals surface area contributed by atoms with Gasteiger partial charge in [-0.05, 0) is 58.8 Å². The van der Waals surface area contributed by atoms with E-state index in [9.17, 15) is 9.59 Å². The predicted molar refractivity (Wildman–Crippen MR) is 102 cm³/mol. The number of halogens is 1. The van der Waals surface area contributed by atoms with E-state index in [1.54, 1.807) is 12.1 Å². The van der Waals surface area contributed by atoms with Gasteiger partial charge in [0, 0.05) is 6.54 Å². The number of carbonyl (C=O) groups excluding carboxylic acids is 2. The molecule has 0 aliphatic carbocycles. The molecule has 0 unspecified atom stereocenters. The van der Waals surface area contributed by atoms with Gasteiger partial charge in [-0.1, -0.05) is 6.08 Å². The van der Waals surface area contributed by atoms with Crippen LogP contribution in [0.5, 0.6) is 11.5 Å². The third-order valence-corrected chi connectivity index (χ3v) is 4.26. The zero-order valence-corrected chi connectivity index (χ0v) is 16.2. The molecule has 6 nitrogen and oxygen atoms in total. The summed E-state index contributed by atoms with van der Waals surface area (Å²) < 4.78 is 11.5. The van der Waals surface area contributed by atoms with E-state index >= 15 is 0 Å². The van der Waals surface area contributed by atoms with Crippen molar-refractivity contribution in [2.24, 2.45) is 0 Å². The Labute approximate surface area is 159 Å². The van der Waals surface area contributed by atoms with Gasteiger partial charge in [0.1, 0.15) is 5.57 Å². The molecule has 25 heavy (non-hydrogen) atoms. The normalized spacial score (nSPS) is 16.0. The molecule has 132 valence electrons. The monoisotopic (exact) mass is 424 g/mol. The standard InChI is InChI=1S/C17H17BrN2O4S/c1-4-6-20-16(22)11(15(21)19-17(20)25)7-10-8-12(18)14(24-5-2)13(9-10)23-3/h4,7-9H,1,5-6H2,2-3H3,(H,19,21,25). The van der Waals surface area contributed by atoms with Gasteiger partial charge in [-0.3, -0.25) is 19.8 Å². The summed E-state index contributed by atoms with van der Waals surface area (Å²) in [5.74, 6) is 0.0307. The van der Waals surface area contributed by atoms with Gasteiger partial charge in [-0.2, -0.15) is 0 Å². The number of nitrogens with zero attached hydrogens (tertiary/aromatic N) is 1. The molecular formula is C17H17BrN2O4S. The lowest BCUT2D eigenvalue weighted by atomic mass is 10.1. The summed E-state index contributed by atoms with van der Waals surface area (Å²) in [7, 11) is 1.52. The van der Waals surface area contributed by atoms with Crippen molar-refractivity contribution < 1.29 is 19.1 Å². The summed E-state index contributed by atoms with van der Waals surface area (Å²) in [5.41, 5.74) is 0.589. The van der Waals surface area contributed by atoms with Gasteiger partial charge in [-0.25, -0.2) is 0 Å². The molecule has 0 aromatic heterocycles. The maximum atomic E-state index is 12.5. The summed E-state index contributed by atoms with van der Waals surface area (Å²) in [5, 5.41) is 2.57. The van der Waals surface area contributed by atoms with Gasteiger partial charge in [-0.15, -0.1) is 6.58 Å². The van der Waals surface area contributed by atoms with Crippen molar-refractivity contribution in [3.63, 3.8) is 0 Å². The van der Waals surface area contributed by atoms with Crippen LogP contribution in [0.4, 0.5) is 0 Å². The van der Waals surface area contributed by atoms with Gasteiger partial charge >= 0.3 is 0 Å². The first-order valence-corrected chi connectivity index (χ1v) is 8.63. The van der Waals surface area contributed by atoms with E-state index < -0.39 is 11.8 Å². The fourth-order valence-corrected chi connectivity index (χ4v) is 3.09. The highest BCUT2D eigenvalue weighted by Gasteiger charge is 2.32. The average molecular weight is 425 g/mol. The van der Waals surface area contributed by atoms with E-state index in [-0.39, 0.29) is 17.2 Å². The van der Waals surface area contributed by atoms with E-state index in [0.717, 1.165) is 0 Å². The van der Waals surface area contributed by atoms with Crippen LogP contribution in [0.15, 0.2) is 34.8 Å². The van der Waals surface area contributed by atoms with Gasteiger partial charge in [0.25, 0.3) is 11.8 Å². The van der Waals surface area contributed by atoms with Crippen LogP contribution in [-0.4, -0.2) is 42.1 Å². The number of amides is 2. The Morgan fingerprint density at radius 2 is 2.12 bits per heavy atom. The van der Waals surface area contributed by atoms with Crippen molar-refractivity contribution in [2.75, 3.05) is 20.3 Å². The molecule has 1 aromatic carbocycles. The molecule has 1 aliphatic heterocycles. The van der Waals surface area contributed by atoms with Crippen molar-refractivity contribution in [2.45, 2.75) is 6.92 Å². The minimum absolute atomic E-state index is 0.0198. The van der Waals surface area contributed by atoms with Gasteiger partial charge < -0.3 is 9.47 Å². The largest absolute Gasteiger partial charge is 0.493 e. The topological polar surface area (TPSA) is 67.9 Å². The Morgan fingerprint density at radius 3 is 2.72 bits per heavy atom. The zero-order valence-electron chi connectivity index (χ0n) is 13.8. The van der Waals surface area contributed by atoms with Crippen LogP contribution in [-0.2, 0) is 9.59 Å². The maximum Gasteiger partial charge on any atom is 0.265 e. The summed E-state index contributed by atoms with van der Waals surface area (Å²) in [6.07, 6.45) is 3.02. The number of benzene rings is 1. The molecule has 0 saturated carbocycles. The molecule has 1 heterocycles. The second-order valence-electron chi connectivity index (χ2n) is 4.99. The average Bonchev–Trinajstić information content (AvgIpc) is 2.57.